The second-order valence-corrected chi connectivity index (χ2v) is 5.74. The van der Waals surface area contributed by atoms with Crippen LogP contribution in [0.25, 0.3) is 0 Å². The van der Waals surface area contributed by atoms with Crippen LogP contribution in [0.5, 0.6) is 0 Å². The van der Waals surface area contributed by atoms with Gasteiger partial charge in [-0.3, -0.25) is 4.79 Å². The van der Waals surface area contributed by atoms with Crippen LogP contribution in [-0.2, 0) is 4.79 Å². The largest absolute Gasteiger partial charge is 0.389 e. The molecule has 1 amide bonds. The van der Waals surface area contributed by atoms with Crippen molar-refractivity contribution < 1.29 is 9.90 Å². The van der Waals surface area contributed by atoms with Gasteiger partial charge >= 0.3 is 0 Å². The van der Waals surface area contributed by atoms with Gasteiger partial charge in [-0.25, -0.2) is 0 Å². The molecule has 3 N–H and O–H groups in total. The van der Waals surface area contributed by atoms with Gasteiger partial charge in [0, 0.05) is 25.6 Å². The summed E-state index contributed by atoms with van der Waals surface area (Å²) in [5, 5.41) is 10.0. The molecule has 0 aromatic carbocycles. The molecule has 17 heavy (non-hydrogen) atoms. The number of rotatable bonds is 3. The maximum Gasteiger partial charge on any atom is 0.225 e. The highest BCUT2D eigenvalue weighted by Crippen LogP contribution is 2.34. The highest BCUT2D eigenvalue weighted by atomic mass is 16.3. The Kier molecular flexibility index (Phi) is 3.73. The summed E-state index contributed by atoms with van der Waals surface area (Å²) in [4.78, 5) is 14.2. The summed E-state index contributed by atoms with van der Waals surface area (Å²) in [6.07, 6.45) is 6.45. The zero-order valence-electron chi connectivity index (χ0n) is 10.7. The Morgan fingerprint density at radius 3 is 2.35 bits per heavy atom. The van der Waals surface area contributed by atoms with Crippen molar-refractivity contribution in [2.24, 2.45) is 11.7 Å². The van der Waals surface area contributed by atoms with Crippen molar-refractivity contribution in [1.82, 2.24) is 4.90 Å². The fourth-order valence-electron chi connectivity index (χ4n) is 2.85. The van der Waals surface area contributed by atoms with E-state index in [1.165, 1.54) is 6.42 Å². The number of hydrogen-bond donors (Lipinski definition) is 2. The second-order valence-electron chi connectivity index (χ2n) is 5.74. The first-order chi connectivity index (χ1) is 8.06. The number of carbonyl (C=O) groups excluding carboxylic acids is 1. The van der Waals surface area contributed by atoms with E-state index in [1.54, 1.807) is 0 Å². The van der Waals surface area contributed by atoms with Crippen LogP contribution in [0.4, 0.5) is 0 Å². The van der Waals surface area contributed by atoms with Crippen LogP contribution in [-0.4, -0.2) is 41.1 Å². The molecule has 0 aromatic rings. The maximum absolute atomic E-state index is 12.2. The van der Waals surface area contributed by atoms with Gasteiger partial charge in [0.2, 0.25) is 5.91 Å². The summed E-state index contributed by atoms with van der Waals surface area (Å²) in [6.45, 7) is 0.312. The first-order valence-corrected chi connectivity index (χ1v) is 6.75. The topological polar surface area (TPSA) is 66.6 Å². The average molecular weight is 240 g/mol. The van der Waals surface area contributed by atoms with Gasteiger partial charge in [-0.05, 0) is 44.9 Å². The Morgan fingerprint density at radius 2 is 1.94 bits per heavy atom. The summed E-state index contributed by atoms with van der Waals surface area (Å²) in [5.74, 6) is 0.376. The zero-order valence-corrected chi connectivity index (χ0v) is 10.7. The van der Waals surface area contributed by atoms with Gasteiger partial charge < -0.3 is 15.7 Å². The molecule has 2 rings (SSSR count). The molecular weight excluding hydrogens is 216 g/mol. The lowest BCUT2D eigenvalue weighted by atomic mass is 9.78. The Balaban J connectivity index is 1.85. The monoisotopic (exact) mass is 240 g/mol. The van der Waals surface area contributed by atoms with Crippen molar-refractivity contribution in [2.75, 3.05) is 13.6 Å². The molecule has 2 aliphatic rings. The SMILES string of the molecule is CN(C(=O)C1CCC(O)(CN)CC1)C1CCC1. The minimum atomic E-state index is -0.716. The lowest BCUT2D eigenvalue weighted by molar-refractivity contribution is -0.140. The van der Waals surface area contributed by atoms with Crippen molar-refractivity contribution in [3.05, 3.63) is 0 Å². The molecule has 0 spiro atoms. The summed E-state index contributed by atoms with van der Waals surface area (Å²) in [5.41, 5.74) is 4.84. The molecular formula is C13H24N2O2. The van der Waals surface area contributed by atoms with E-state index in [2.05, 4.69) is 0 Å². The Morgan fingerprint density at radius 1 is 1.35 bits per heavy atom. The molecule has 0 aromatic heterocycles. The third kappa shape index (κ3) is 2.63. The molecule has 0 aliphatic heterocycles. The van der Waals surface area contributed by atoms with Gasteiger partial charge in [0.25, 0.3) is 0 Å². The van der Waals surface area contributed by atoms with Gasteiger partial charge in [0.1, 0.15) is 0 Å². The van der Waals surface area contributed by atoms with Crippen LogP contribution in [0.2, 0.25) is 0 Å². The minimum absolute atomic E-state index is 0.104. The van der Waals surface area contributed by atoms with E-state index in [0.717, 1.165) is 25.7 Å². The number of aliphatic hydroxyl groups is 1. The quantitative estimate of drug-likeness (QED) is 0.769. The number of carbonyl (C=O) groups is 1. The molecule has 0 saturated heterocycles. The zero-order chi connectivity index (χ0) is 12.5. The Labute approximate surface area is 103 Å². The third-order valence-corrected chi connectivity index (χ3v) is 4.62. The normalized spacial score (nSPS) is 34.2. The summed E-state index contributed by atoms with van der Waals surface area (Å²) < 4.78 is 0. The molecule has 98 valence electrons. The predicted molar refractivity (Wildman–Crippen MR) is 66.4 cm³/mol. The molecule has 2 saturated carbocycles. The van der Waals surface area contributed by atoms with E-state index in [9.17, 15) is 9.90 Å². The first kappa shape index (κ1) is 12.8. The maximum atomic E-state index is 12.2. The van der Waals surface area contributed by atoms with Gasteiger partial charge in [-0.2, -0.15) is 0 Å². The average Bonchev–Trinajstić information content (AvgIpc) is 2.27. The molecule has 0 bridgehead atoms. The summed E-state index contributed by atoms with van der Waals surface area (Å²) in [7, 11) is 1.93. The molecule has 4 nitrogen and oxygen atoms in total. The van der Waals surface area contributed by atoms with Crippen molar-refractivity contribution in [3.8, 4) is 0 Å². The van der Waals surface area contributed by atoms with Crippen molar-refractivity contribution in [2.45, 2.75) is 56.6 Å². The standard InChI is InChI=1S/C13H24N2O2/c1-15(11-3-2-4-11)12(16)10-5-7-13(17,9-14)8-6-10/h10-11,17H,2-9,14H2,1H3. The highest BCUT2D eigenvalue weighted by molar-refractivity contribution is 5.79. The molecule has 0 atom stereocenters. The minimum Gasteiger partial charge on any atom is -0.389 e. The van der Waals surface area contributed by atoms with E-state index in [0.29, 0.717) is 25.4 Å². The summed E-state index contributed by atoms with van der Waals surface area (Å²) in [6, 6.07) is 0.470. The van der Waals surface area contributed by atoms with Crippen LogP contribution in [0.3, 0.4) is 0 Å². The highest BCUT2D eigenvalue weighted by Gasteiger charge is 2.37. The molecule has 0 radical (unpaired) electrons. The van der Waals surface area contributed by atoms with Gasteiger partial charge in [0.15, 0.2) is 0 Å². The second kappa shape index (κ2) is 4.94. The molecule has 0 unspecified atom stereocenters. The first-order valence-electron chi connectivity index (χ1n) is 6.75. The van der Waals surface area contributed by atoms with Crippen LogP contribution >= 0.6 is 0 Å². The lowest BCUT2D eigenvalue weighted by Gasteiger charge is -2.40. The molecule has 4 heteroatoms. The van der Waals surface area contributed by atoms with Crippen molar-refractivity contribution in [3.63, 3.8) is 0 Å². The number of nitrogens with two attached hydrogens (primary N) is 1. The number of amides is 1. The van der Waals surface area contributed by atoms with E-state index in [-0.39, 0.29) is 11.8 Å². The van der Waals surface area contributed by atoms with Gasteiger partial charge in [-0.1, -0.05) is 0 Å². The van der Waals surface area contributed by atoms with Crippen LogP contribution in [0, 0.1) is 5.92 Å². The van der Waals surface area contributed by atoms with Gasteiger partial charge in [-0.15, -0.1) is 0 Å². The predicted octanol–water partition coefficient (Wildman–Crippen LogP) is 0.877. The summed E-state index contributed by atoms with van der Waals surface area (Å²) >= 11 is 0. The van der Waals surface area contributed by atoms with Crippen LogP contribution in [0.1, 0.15) is 44.9 Å². The van der Waals surface area contributed by atoms with Crippen LogP contribution in [0.15, 0.2) is 0 Å². The van der Waals surface area contributed by atoms with Crippen molar-refractivity contribution >= 4 is 5.91 Å². The van der Waals surface area contributed by atoms with Crippen LogP contribution < -0.4 is 5.73 Å². The fraction of sp³-hybridized carbons (Fsp3) is 0.923. The number of nitrogens with zero attached hydrogens (tertiary/aromatic N) is 1. The molecule has 2 fully saturated rings. The van der Waals surface area contributed by atoms with Crippen molar-refractivity contribution in [1.29, 1.82) is 0 Å². The Bertz CT molecular complexity index is 281. The number of hydrogen-bond acceptors (Lipinski definition) is 3. The lowest BCUT2D eigenvalue weighted by Crippen LogP contribution is -2.47. The molecule has 2 aliphatic carbocycles. The van der Waals surface area contributed by atoms with E-state index < -0.39 is 5.60 Å². The Hall–Kier alpha value is -0.610. The van der Waals surface area contributed by atoms with E-state index in [1.807, 2.05) is 11.9 Å². The molecule has 0 heterocycles. The smallest absolute Gasteiger partial charge is 0.225 e. The fourth-order valence-corrected chi connectivity index (χ4v) is 2.85. The van der Waals surface area contributed by atoms with E-state index >= 15 is 0 Å². The third-order valence-electron chi connectivity index (χ3n) is 4.62. The van der Waals surface area contributed by atoms with E-state index in [4.69, 9.17) is 5.73 Å². The van der Waals surface area contributed by atoms with Gasteiger partial charge in [0.05, 0.1) is 5.60 Å².